The van der Waals surface area contributed by atoms with Crippen molar-refractivity contribution in [3.63, 3.8) is 0 Å². The zero-order chi connectivity index (χ0) is 15.1. The maximum absolute atomic E-state index is 12.0. The van der Waals surface area contributed by atoms with Crippen LogP contribution in [-0.2, 0) is 16.1 Å². The lowest BCUT2D eigenvalue weighted by Gasteiger charge is -2.20. The summed E-state index contributed by atoms with van der Waals surface area (Å²) < 4.78 is 1.72. The van der Waals surface area contributed by atoms with Gasteiger partial charge in [0.05, 0.1) is 11.2 Å². The van der Waals surface area contributed by atoms with E-state index in [2.05, 4.69) is 15.7 Å². The van der Waals surface area contributed by atoms with Crippen molar-refractivity contribution in [2.75, 3.05) is 6.54 Å². The van der Waals surface area contributed by atoms with Crippen LogP contribution in [0.25, 0.3) is 0 Å². The molecule has 2 amide bonds. The number of hydrogen-bond donors (Lipinski definition) is 2. The van der Waals surface area contributed by atoms with Gasteiger partial charge in [0, 0.05) is 26.2 Å². The molecule has 0 bridgehead atoms. The minimum atomic E-state index is -0.494. The summed E-state index contributed by atoms with van der Waals surface area (Å²) in [5, 5.41) is 10.1. The van der Waals surface area contributed by atoms with Crippen LogP contribution in [0.1, 0.15) is 27.2 Å². The molecule has 20 heavy (non-hydrogen) atoms. The molecule has 0 aliphatic rings. The predicted molar refractivity (Wildman–Crippen MR) is 77.3 cm³/mol. The Morgan fingerprint density at radius 2 is 2.15 bits per heavy atom. The van der Waals surface area contributed by atoms with Gasteiger partial charge in [-0.25, -0.2) is 0 Å². The first-order chi connectivity index (χ1) is 9.40. The Bertz CT molecular complexity index is 459. The Balaban J connectivity index is 2.32. The van der Waals surface area contributed by atoms with Gasteiger partial charge in [0.2, 0.25) is 11.8 Å². The second-order valence-corrected chi connectivity index (χ2v) is 5.42. The highest BCUT2D eigenvalue weighted by Crippen LogP contribution is 2.05. The molecule has 0 fully saturated rings. The Morgan fingerprint density at radius 3 is 2.65 bits per heavy atom. The van der Waals surface area contributed by atoms with Gasteiger partial charge < -0.3 is 10.6 Å². The number of aryl methyl sites for hydroxylation is 1. The number of amides is 2. The topological polar surface area (TPSA) is 76.0 Å². The second-order valence-electron chi connectivity index (χ2n) is 4.99. The van der Waals surface area contributed by atoms with E-state index in [9.17, 15) is 9.59 Å². The predicted octanol–water partition coefficient (Wildman–Crippen LogP) is 1.20. The van der Waals surface area contributed by atoms with Crippen LogP contribution in [0.3, 0.4) is 0 Å². The van der Waals surface area contributed by atoms with Crippen molar-refractivity contribution in [3.05, 3.63) is 17.4 Å². The van der Waals surface area contributed by atoms with Crippen molar-refractivity contribution in [2.45, 2.75) is 39.8 Å². The van der Waals surface area contributed by atoms with Crippen molar-refractivity contribution < 1.29 is 9.59 Å². The largest absolute Gasteiger partial charge is 0.354 e. The smallest absolute Gasteiger partial charge is 0.242 e. The van der Waals surface area contributed by atoms with Crippen molar-refractivity contribution >= 4 is 23.4 Å². The lowest BCUT2D eigenvalue weighted by Crippen LogP contribution is -2.49. The number of rotatable bonds is 7. The van der Waals surface area contributed by atoms with Crippen LogP contribution in [0.2, 0.25) is 5.02 Å². The lowest BCUT2D eigenvalue weighted by atomic mass is 10.0. The van der Waals surface area contributed by atoms with Crippen LogP contribution < -0.4 is 10.6 Å². The molecule has 1 unspecified atom stereocenters. The second kappa shape index (κ2) is 7.89. The minimum absolute atomic E-state index is 0.0452. The van der Waals surface area contributed by atoms with Gasteiger partial charge in [-0.05, 0) is 12.3 Å². The molecule has 0 aliphatic carbocycles. The number of halogens is 1. The summed E-state index contributed by atoms with van der Waals surface area (Å²) >= 11 is 5.76. The Morgan fingerprint density at radius 1 is 1.45 bits per heavy atom. The quantitative estimate of drug-likeness (QED) is 0.743. The Hall–Kier alpha value is -1.56. The Labute approximate surface area is 123 Å². The number of carbonyl (C=O) groups excluding carboxylic acids is 2. The molecule has 6 nitrogen and oxygen atoms in total. The van der Waals surface area contributed by atoms with E-state index in [-0.39, 0.29) is 17.7 Å². The van der Waals surface area contributed by atoms with E-state index in [4.69, 9.17) is 11.6 Å². The highest BCUT2D eigenvalue weighted by molar-refractivity contribution is 6.30. The molecule has 1 heterocycles. The maximum Gasteiger partial charge on any atom is 0.242 e. The van der Waals surface area contributed by atoms with Crippen LogP contribution in [0.5, 0.6) is 0 Å². The normalized spacial score (nSPS) is 12.2. The number of hydrogen-bond acceptors (Lipinski definition) is 3. The molecule has 0 saturated carbocycles. The molecule has 0 radical (unpaired) electrons. The lowest BCUT2D eigenvalue weighted by molar-refractivity contribution is -0.129. The number of carbonyl (C=O) groups is 2. The summed E-state index contributed by atoms with van der Waals surface area (Å²) in [7, 11) is 0. The third kappa shape index (κ3) is 5.61. The highest BCUT2D eigenvalue weighted by Gasteiger charge is 2.22. The summed E-state index contributed by atoms with van der Waals surface area (Å²) in [6.45, 7) is 6.40. The zero-order valence-corrected chi connectivity index (χ0v) is 12.8. The highest BCUT2D eigenvalue weighted by atomic mass is 35.5. The molecule has 1 aromatic rings. The van der Waals surface area contributed by atoms with E-state index < -0.39 is 6.04 Å². The monoisotopic (exact) mass is 300 g/mol. The van der Waals surface area contributed by atoms with Crippen molar-refractivity contribution in [1.29, 1.82) is 0 Å². The van der Waals surface area contributed by atoms with E-state index in [1.807, 2.05) is 13.8 Å². The number of aromatic nitrogens is 2. The molecule has 0 aliphatic heterocycles. The molecule has 1 aromatic heterocycles. The molecule has 7 heteroatoms. The van der Waals surface area contributed by atoms with Crippen LogP contribution >= 0.6 is 11.6 Å². The summed E-state index contributed by atoms with van der Waals surface area (Å²) in [6, 6.07) is -0.494. The third-order valence-corrected chi connectivity index (χ3v) is 2.97. The van der Waals surface area contributed by atoms with E-state index in [1.165, 1.54) is 6.92 Å². The van der Waals surface area contributed by atoms with E-state index in [1.54, 1.807) is 17.1 Å². The standard InChI is InChI=1S/C13H21ClN4O2/c1-9(2)12(17-10(3)19)13(20)15-5-4-6-18-8-11(14)7-16-18/h7-9,12H,4-6H2,1-3H3,(H,15,20)(H,17,19). The van der Waals surface area contributed by atoms with Gasteiger partial charge in [-0.1, -0.05) is 25.4 Å². The van der Waals surface area contributed by atoms with Crippen LogP contribution in [0.4, 0.5) is 0 Å². The van der Waals surface area contributed by atoms with Crippen molar-refractivity contribution in [2.24, 2.45) is 5.92 Å². The van der Waals surface area contributed by atoms with Gasteiger partial charge in [0.25, 0.3) is 0 Å². The van der Waals surface area contributed by atoms with E-state index in [0.717, 1.165) is 6.42 Å². The molecule has 2 N–H and O–H groups in total. The van der Waals surface area contributed by atoms with Crippen molar-refractivity contribution in [3.8, 4) is 0 Å². The van der Waals surface area contributed by atoms with Gasteiger partial charge in [-0.3, -0.25) is 14.3 Å². The summed E-state index contributed by atoms with van der Waals surface area (Å²) in [5.74, 6) is -0.317. The van der Waals surface area contributed by atoms with Crippen LogP contribution in [0, 0.1) is 5.92 Å². The maximum atomic E-state index is 12.0. The molecule has 0 saturated heterocycles. The first kappa shape index (κ1) is 16.5. The fourth-order valence-corrected chi connectivity index (χ4v) is 1.93. The average molecular weight is 301 g/mol. The summed E-state index contributed by atoms with van der Waals surface area (Å²) in [6.07, 6.45) is 4.05. The average Bonchev–Trinajstić information content (AvgIpc) is 2.76. The fraction of sp³-hybridized carbons (Fsp3) is 0.615. The third-order valence-electron chi connectivity index (χ3n) is 2.77. The SMILES string of the molecule is CC(=O)NC(C(=O)NCCCn1cc(Cl)cn1)C(C)C. The van der Waals surface area contributed by atoms with Crippen molar-refractivity contribution in [1.82, 2.24) is 20.4 Å². The van der Waals surface area contributed by atoms with E-state index in [0.29, 0.717) is 18.1 Å². The molecule has 1 rings (SSSR count). The molecule has 1 atom stereocenters. The molecule has 0 spiro atoms. The van der Waals surface area contributed by atoms with Gasteiger partial charge in [-0.15, -0.1) is 0 Å². The number of nitrogens with one attached hydrogen (secondary N) is 2. The fourth-order valence-electron chi connectivity index (χ4n) is 1.78. The molecule has 0 aromatic carbocycles. The minimum Gasteiger partial charge on any atom is -0.354 e. The Kier molecular flexibility index (Phi) is 6.51. The van der Waals surface area contributed by atoms with Gasteiger partial charge >= 0.3 is 0 Å². The summed E-state index contributed by atoms with van der Waals surface area (Å²) in [5.41, 5.74) is 0. The molecular formula is C13H21ClN4O2. The first-order valence-corrected chi connectivity index (χ1v) is 7.00. The van der Waals surface area contributed by atoms with Crippen LogP contribution in [-0.4, -0.2) is 34.2 Å². The first-order valence-electron chi connectivity index (χ1n) is 6.63. The summed E-state index contributed by atoms with van der Waals surface area (Å²) in [4.78, 5) is 23.0. The van der Waals surface area contributed by atoms with Gasteiger partial charge in [0.1, 0.15) is 6.04 Å². The number of nitrogens with zero attached hydrogens (tertiary/aromatic N) is 2. The van der Waals surface area contributed by atoms with Gasteiger partial charge in [0.15, 0.2) is 0 Å². The molecule has 112 valence electrons. The van der Waals surface area contributed by atoms with Crippen LogP contribution in [0.15, 0.2) is 12.4 Å². The van der Waals surface area contributed by atoms with E-state index >= 15 is 0 Å². The van der Waals surface area contributed by atoms with Gasteiger partial charge in [-0.2, -0.15) is 5.10 Å². The molecular weight excluding hydrogens is 280 g/mol. The zero-order valence-electron chi connectivity index (χ0n) is 12.0.